The second-order valence-electron chi connectivity index (χ2n) is 17.1. The van der Waals surface area contributed by atoms with Gasteiger partial charge in [-0.05, 0) is 53.9 Å². The molecule has 0 saturated carbocycles. The van der Waals surface area contributed by atoms with E-state index in [0.29, 0.717) is 18.4 Å². The average molecular weight is 880 g/mol. The summed E-state index contributed by atoms with van der Waals surface area (Å²) in [7, 11) is 0. The summed E-state index contributed by atoms with van der Waals surface area (Å²) in [6.45, 7) is 13.8. The van der Waals surface area contributed by atoms with Gasteiger partial charge in [0.05, 0.1) is 0 Å². The normalized spacial score (nSPS) is 15.1. The molecule has 6 amide bonds. The Morgan fingerprint density at radius 1 is 0.562 bits per heavy atom. The number of carbonyl (C=O) groups excluding carboxylic acids is 6. The number of aromatic nitrogens is 1. The molecule has 0 radical (unpaired) electrons. The highest BCUT2D eigenvalue weighted by Gasteiger charge is 2.37. The third-order valence-corrected chi connectivity index (χ3v) is 11.7. The van der Waals surface area contributed by atoms with E-state index in [9.17, 15) is 38.7 Å². The Morgan fingerprint density at radius 2 is 1.05 bits per heavy atom. The Labute approximate surface area is 375 Å². The summed E-state index contributed by atoms with van der Waals surface area (Å²) in [6, 6.07) is 19.1. The Hall–Kier alpha value is -6.51. The highest BCUT2D eigenvalue weighted by atomic mass is 16.4. The standard InChI is InChI=1S/C49H65N7O8/c1-9-29(5)41(46(60)54-39(49(63)64)26-35-27-50-37-24-18-17-23-36(35)37)56-47(61)42(30(6)10-2)55-44(58)31(7)51-45(59)38(25-28(3)4)53-48(62)43(52-32(8)57)40(33-19-13-11-14-20-33)34-21-15-12-16-22-34/h11-24,27-31,38-43,50H,9-10,25-26H2,1-8H3,(H,51,59)(H,52,57)(H,53,62)(H,54,60)(H,55,58)(H,56,61)(H,63,64)/t29-,30-,31-,38-,39-,41-,42-,43+/m0/s1. The molecule has 4 aromatic rings. The van der Waals surface area contributed by atoms with Crippen molar-refractivity contribution in [3.05, 3.63) is 108 Å². The lowest BCUT2D eigenvalue weighted by molar-refractivity contribution is -0.142. The second-order valence-corrected chi connectivity index (χ2v) is 17.1. The zero-order valence-electron chi connectivity index (χ0n) is 38.1. The first-order chi connectivity index (χ1) is 30.4. The van der Waals surface area contributed by atoms with Crippen molar-refractivity contribution in [2.24, 2.45) is 17.8 Å². The summed E-state index contributed by atoms with van der Waals surface area (Å²) in [6.07, 6.45) is 2.86. The van der Waals surface area contributed by atoms with E-state index in [0.717, 1.165) is 22.0 Å². The van der Waals surface area contributed by atoms with Crippen LogP contribution in [0, 0.1) is 17.8 Å². The molecule has 3 aromatic carbocycles. The maximum atomic E-state index is 14.2. The molecule has 344 valence electrons. The van der Waals surface area contributed by atoms with Gasteiger partial charge < -0.3 is 42.0 Å². The molecule has 0 aliphatic carbocycles. The van der Waals surface area contributed by atoms with Gasteiger partial charge in [0.1, 0.15) is 36.3 Å². The Morgan fingerprint density at radius 3 is 1.56 bits per heavy atom. The molecule has 0 spiro atoms. The highest BCUT2D eigenvalue weighted by molar-refractivity contribution is 5.97. The van der Waals surface area contributed by atoms with Gasteiger partial charge in [-0.25, -0.2) is 4.79 Å². The minimum atomic E-state index is -1.29. The van der Waals surface area contributed by atoms with Crippen LogP contribution in [0.15, 0.2) is 91.1 Å². The molecular weight excluding hydrogens is 815 g/mol. The third kappa shape index (κ3) is 13.7. The summed E-state index contributed by atoms with van der Waals surface area (Å²) < 4.78 is 0. The minimum absolute atomic E-state index is 0.000896. The van der Waals surface area contributed by atoms with Crippen molar-refractivity contribution in [2.75, 3.05) is 0 Å². The van der Waals surface area contributed by atoms with Crippen molar-refractivity contribution >= 4 is 52.3 Å². The number of carboxylic acid groups (broad SMARTS) is 1. The molecule has 0 aliphatic heterocycles. The molecular formula is C49H65N7O8. The molecule has 1 heterocycles. The molecule has 0 aliphatic rings. The van der Waals surface area contributed by atoms with E-state index in [4.69, 9.17) is 0 Å². The van der Waals surface area contributed by atoms with E-state index >= 15 is 0 Å². The first-order valence-corrected chi connectivity index (χ1v) is 22.1. The smallest absolute Gasteiger partial charge is 0.326 e. The van der Waals surface area contributed by atoms with Crippen LogP contribution in [0.3, 0.4) is 0 Å². The molecule has 8 N–H and O–H groups in total. The van der Waals surface area contributed by atoms with Gasteiger partial charge in [0.25, 0.3) is 0 Å². The van der Waals surface area contributed by atoms with Gasteiger partial charge in [0.15, 0.2) is 0 Å². The molecule has 0 fully saturated rings. The van der Waals surface area contributed by atoms with E-state index in [1.807, 2.05) is 113 Å². The van der Waals surface area contributed by atoms with E-state index in [2.05, 4.69) is 36.9 Å². The number of para-hydroxylation sites is 1. The maximum Gasteiger partial charge on any atom is 0.326 e. The van der Waals surface area contributed by atoms with Gasteiger partial charge in [-0.15, -0.1) is 0 Å². The Kier molecular flexibility index (Phi) is 18.6. The second kappa shape index (κ2) is 23.8. The van der Waals surface area contributed by atoms with Gasteiger partial charge in [0, 0.05) is 36.4 Å². The molecule has 0 bridgehead atoms. The predicted octanol–water partition coefficient (Wildman–Crippen LogP) is 4.71. The predicted molar refractivity (Wildman–Crippen MR) is 246 cm³/mol. The number of benzene rings is 3. The summed E-state index contributed by atoms with van der Waals surface area (Å²) in [5.74, 6) is -6.39. The topological polar surface area (TPSA) is 228 Å². The fraction of sp³-hybridized carbons (Fsp3) is 0.449. The van der Waals surface area contributed by atoms with E-state index in [-0.39, 0.29) is 18.8 Å². The SMILES string of the molecule is CC[C@H](C)[C@H](NC(=O)[C@H](C)NC(=O)[C@H](CC(C)C)NC(=O)[C@H](NC(C)=O)C(c1ccccc1)c1ccccc1)C(=O)N[C@H](C(=O)N[C@@H](Cc1c[nH]c2ccccc12)C(=O)O)[C@@H](C)CC. The number of aromatic amines is 1. The lowest BCUT2D eigenvalue weighted by Gasteiger charge is -2.31. The zero-order chi connectivity index (χ0) is 47.1. The van der Waals surface area contributed by atoms with Gasteiger partial charge in [-0.1, -0.05) is 133 Å². The number of rotatable bonds is 23. The van der Waals surface area contributed by atoms with E-state index < -0.39 is 95.4 Å². The van der Waals surface area contributed by atoms with Crippen LogP contribution >= 0.6 is 0 Å². The van der Waals surface area contributed by atoms with Crippen LogP contribution in [0.25, 0.3) is 10.9 Å². The van der Waals surface area contributed by atoms with Crippen LogP contribution in [0.4, 0.5) is 0 Å². The van der Waals surface area contributed by atoms with E-state index in [1.54, 1.807) is 20.0 Å². The van der Waals surface area contributed by atoms with Crippen LogP contribution < -0.4 is 31.9 Å². The number of fused-ring (bicyclic) bond motifs is 1. The number of hydrogen-bond donors (Lipinski definition) is 8. The summed E-state index contributed by atoms with van der Waals surface area (Å²) in [5, 5.41) is 27.5. The zero-order valence-corrected chi connectivity index (χ0v) is 38.1. The number of hydrogen-bond acceptors (Lipinski definition) is 7. The fourth-order valence-electron chi connectivity index (χ4n) is 7.67. The summed E-state index contributed by atoms with van der Waals surface area (Å²) in [4.78, 5) is 97.9. The van der Waals surface area contributed by atoms with Crippen molar-refractivity contribution < 1.29 is 38.7 Å². The third-order valence-electron chi connectivity index (χ3n) is 11.7. The fourth-order valence-corrected chi connectivity index (χ4v) is 7.67. The number of H-pyrrole nitrogens is 1. The molecule has 64 heavy (non-hydrogen) atoms. The average Bonchev–Trinajstić information content (AvgIpc) is 3.68. The Bertz CT molecular complexity index is 2170. The van der Waals surface area contributed by atoms with Crippen LogP contribution in [0.1, 0.15) is 97.3 Å². The number of carboxylic acids is 1. The minimum Gasteiger partial charge on any atom is -0.480 e. The number of aliphatic carboxylic acids is 1. The van der Waals surface area contributed by atoms with Crippen molar-refractivity contribution in [3.63, 3.8) is 0 Å². The van der Waals surface area contributed by atoms with Gasteiger partial charge in [-0.2, -0.15) is 0 Å². The molecule has 8 atom stereocenters. The van der Waals surface area contributed by atoms with Crippen molar-refractivity contribution in [3.8, 4) is 0 Å². The quantitative estimate of drug-likeness (QED) is 0.0519. The maximum absolute atomic E-state index is 14.2. The van der Waals surface area contributed by atoms with Crippen LogP contribution in [0.2, 0.25) is 0 Å². The van der Waals surface area contributed by atoms with Gasteiger partial charge in [-0.3, -0.25) is 28.8 Å². The number of nitrogens with one attached hydrogen (secondary N) is 7. The summed E-state index contributed by atoms with van der Waals surface area (Å²) in [5.41, 5.74) is 3.09. The molecule has 1 aromatic heterocycles. The number of amides is 6. The molecule has 15 nitrogen and oxygen atoms in total. The monoisotopic (exact) mass is 879 g/mol. The number of carbonyl (C=O) groups is 7. The van der Waals surface area contributed by atoms with Gasteiger partial charge in [0.2, 0.25) is 35.4 Å². The Balaban J connectivity index is 1.49. The van der Waals surface area contributed by atoms with Crippen molar-refractivity contribution in [2.45, 2.75) is 123 Å². The lowest BCUT2D eigenvalue weighted by Crippen LogP contribution is -2.61. The van der Waals surface area contributed by atoms with Crippen LogP contribution in [0.5, 0.6) is 0 Å². The highest BCUT2D eigenvalue weighted by Crippen LogP contribution is 2.29. The van der Waals surface area contributed by atoms with Crippen LogP contribution in [-0.2, 0) is 40.0 Å². The molecule has 0 saturated heterocycles. The molecule has 4 rings (SSSR count). The van der Waals surface area contributed by atoms with Crippen LogP contribution in [-0.4, -0.2) is 87.8 Å². The van der Waals surface area contributed by atoms with Gasteiger partial charge >= 0.3 is 5.97 Å². The van der Waals surface area contributed by atoms with E-state index in [1.165, 1.54) is 13.8 Å². The largest absolute Gasteiger partial charge is 0.480 e. The first-order valence-electron chi connectivity index (χ1n) is 22.1. The molecule has 15 heteroatoms. The first kappa shape index (κ1) is 50.1. The summed E-state index contributed by atoms with van der Waals surface area (Å²) >= 11 is 0. The lowest BCUT2D eigenvalue weighted by atomic mass is 9.84. The van der Waals surface area contributed by atoms with Crippen molar-refractivity contribution in [1.82, 2.24) is 36.9 Å². The van der Waals surface area contributed by atoms with Crippen molar-refractivity contribution in [1.29, 1.82) is 0 Å². The molecule has 0 unspecified atom stereocenters.